The summed E-state index contributed by atoms with van der Waals surface area (Å²) in [5.74, 6) is 1.55. The Hall–Kier alpha value is -1.52. The highest BCUT2D eigenvalue weighted by molar-refractivity contribution is 5.29. The average molecular weight is 288 g/mol. The summed E-state index contributed by atoms with van der Waals surface area (Å²) in [5, 5.41) is 7.15. The normalized spacial score (nSPS) is 26.4. The van der Waals surface area contributed by atoms with Gasteiger partial charge >= 0.3 is 0 Å². The summed E-state index contributed by atoms with van der Waals surface area (Å²) in [5.41, 5.74) is 1.37. The molecule has 1 saturated heterocycles. The number of hydrogen-bond donors (Lipinski definition) is 2. The lowest BCUT2D eigenvalue weighted by atomic mass is 9.94. The van der Waals surface area contributed by atoms with Gasteiger partial charge in [-0.3, -0.25) is 0 Å². The van der Waals surface area contributed by atoms with Crippen LogP contribution in [0.2, 0.25) is 0 Å². The number of ether oxygens (including phenoxy) is 2. The van der Waals surface area contributed by atoms with Crippen molar-refractivity contribution in [2.75, 3.05) is 19.6 Å². The molecule has 2 N–H and O–H groups in total. The van der Waals surface area contributed by atoms with E-state index in [1.807, 2.05) is 0 Å². The fraction of sp³-hybridized carbons (Fsp3) is 0.529. The summed E-state index contributed by atoms with van der Waals surface area (Å²) >= 11 is 0. The Morgan fingerprint density at radius 2 is 2.38 bits per heavy atom. The molecule has 0 saturated carbocycles. The monoisotopic (exact) mass is 288 g/mol. The molecule has 0 unspecified atom stereocenters. The van der Waals surface area contributed by atoms with E-state index in [2.05, 4.69) is 28.9 Å². The van der Waals surface area contributed by atoms with Crippen molar-refractivity contribution in [2.24, 2.45) is 5.92 Å². The van der Waals surface area contributed by atoms with Crippen LogP contribution in [-0.2, 0) is 9.47 Å². The molecule has 0 aromatic carbocycles. The van der Waals surface area contributed by atoms with E-state index in [4.69, 9.17) is 9.47 Å². The number of nitrogens with one attached hydrogen (secondary N) is 2. The zero-order valence-corrected chi connectivity index (χ0v) is 12.4. The fourth-order valence-corrected chi connectivity index (χ4v) is 3.07. The minimum atomic E-state index is 0.113. The van der Waals surface area contributed by atoms with E-state index in [0.717, 1.165) is 38.2 Å². The van der Waals surface area contributed by atoms with Crippen molar-refractivity contribution in [3.8, 4) is 0 Å². The van der Waals surface area contributed by atoms with Gasteiger partial charge in [-0.1, -0.05) is 18.2 Å². The molecule has 2 atom stereocenters. The van der Waals surface area contributed by atoms with Crippen LogP contribution < -0.4 is 10.6 Å². The maximum Gasteiger partial charge on any atom is 0.159 e. The highest BCUT2D eigenvalue weighted by Crippen LogP contribution is 2.24. The molecule has 0 bridgehead atoms. The summed E-state index contributed by atoms with van der Waals surface area (Å²) in [7, 11) is 0. The maximum absolute atomic E-state index is 5.65. The molecule has 3 rings (SSSR count). The Balaban J connectivity index is 1.64. The minimum absolute atomic E-state index is 0.113. The van der Waals surface area contributed by atoms with Crippen molar-refractivity contribution < 1.29 is 9.47 Å². The van der Waals surface area contributed by atoms with E-state index in [-0.39, 0.29) is 6.04 Å². The largest absolute Gasteiger partial charge is 0.466 e. The Bertz CT molecular complexity index is 459. The highest BCUT2D eigenvalue weighted by Gasteiger charge is 2.24. The van der Waals surface area contributed by atoms with Gasteiger partial charge in [0, 0.05) is 6.54 Å². The lowest BCUT2D eigenvalue weighted by molar-refractivity contribution is 0.228. The molecule has 0 aromatic rings. The molecule has 2 heterocycles. The van der Waals surface area contributed by atoms with Gasteiger partial charge in [-0.05, 0) is 50.3 Å². The molecule has 21 heavy (non-hydrogen) atoms. The molecule has 4 nitrogen and oxygen atoms in total. The van der Waals surface area contributed by atoms with Gasteiger partial charge in [0.05, 0.1) is 6.04 Å². The average Bonchev–Trinajstić information content (AvgIpc) is 2.58. The topological polar surface area (TPSA) is 42.5 Å². The fourth-order valence-electron chi connectivity index (χ4n) is 3.07. The third-order valence-electron chi connectivity index (χ3n) is 4.23. The molecule has 0 amide bonds. The van der Waals surface area contributed by atoms with Crippen LogP contribution in [0, 0.1) is 5.92 Å². The molecule has 2 aliphatic heterocycles. The van der Waals surface area contributed by atoms with Gasteiger partial charge < -0.3 is 20.1 Å². The van der Waals surface area contributed by atoms with E-state index >= 15 is 0 Å². The first-order valence-electron chi connectivity index (χ1n) is 7.90. The molecule has 1 fully saturated rings. The van der Waals surface area contributed by atoms with Crippen molar-refractivity contribution in [3.05, 3.63) is 48.3 Å². The maximum atomic E-state index is 5.65. The molecule has 4 heteroatoms. The zero-order valence-electron chi connectivity index (χ0n) is 12.4. The van der Waals surface area contributed by atoms with Gasteiger partial charge in [-0.25, -0.2) is 0 Å². The first-order valence-corrected chi connectivity index (χ1v) is 7.90. The SMILES string of the molecule is C1=CCCC([C@@H](NC[C@@H]2CCCNC2)C2=COC=CO2)=C1. The summed E-state index contributed by atoms with van der Waals surface area (Å²) in [6, 6.07) is 0.113. The number of rotatable bonds is 5. The Labute approximate surface area is 126 Å². The smallest absolute Gasteiger partial charge is 0.159 e. The van der Waals surface area contributed by atoms with Gasteiger partial charge in [0.2, 0.25) is 0 Å². The van der Waals surface area contributed by atoms with Gasteiger partial charge in [0.25, 0.3) is 0 Å². The standard InChI is InChI=1S/C17H24N2O2/c1-2-6-15(7-3-1)17(16-13-20-9-10-21-16)19-12-14-5-4-8-18-11-14/h1-2,6,9-10,13-14,17-19H,3-5,7-8,11-12H2/t14-,17-/m1/s1. The molecule has 0 radical (unpaired) electrons. The van der Waals surface area contributed by atoms with Crippen LogP contribution in [0.25, 0.3) is 0 Å². The Morgan fingerprint density at radius 1 is 1.38 bits per heavy atom. The first-order chi connectivity index (χ1) is 10.4. The van der Waals surface area contributed by atoms with Crippen molar-refractivity contribution >= 4 is 0 Å². The highest BCUT2D eigenvalue weighted by atomic mass is 16.5. The molecule has 0 spiro atoms. The summed E-state index contributed by atoms with van der Waals surface area (Å²) < 4.78 is 10.9. The van der Waals surface area contributed by atoms with Crippen molar-refractivity contribution in [3.63, 3.8) is 0 Å². The first kappa shape index (κ1) is 14.4. The van der Waals surface area contributed by atoms with E-state index in [0.29, 0.717) is 5.92 Å². The second-order valence-electron chi connectivity index (χ2n) is 5.81. The second kappa shape index (κ2) is 7.48. The van der Waals surface area contributed by atoms with E-state index in [1.165, 1.54) is 18.4 Å². The van der Waals surface area contributed by atoms with Crippen molar-refractivity contribution in [1.29, 1.82) is 0 Å². The van der Waals surface area contributed by atoms with Gasteiger partial charge in [-0.15, -0.1) is 0 Å². The number of hydrogen-bond acceptors (Lipinski definition) is 4. The van der Waals surface area contributed by atoms with Crippen LogP contribution in [0.3, 0.4) is 0 Å². The summed E-state index contributed by atoms with van der Waals surface area (Å²) in [4.78, 5) is 0. The predicted octanol–water partition coefficient (Wildman–Crippen LogP) is 2.58. The van der Waals surface area contributed by atoms with Gasteiger partial charge in [0.15, 0.2) is 5.76 Å². The van der Waals surface area contributed by atoms with Crippen LogP contribution >= 0.6 is 0 Å². The van der Waals surface area contributed by atoms with E-state index in [1.54, 1.807) is 18.8 Å². The quantitative estimate of drug-likeness (QED) is 0.816. The van der Waals surface area contributed by atoms with Crippen LogP contribution in [0.1, 0.15) is 25.7 Å². The number of piperidine rings is 1. The zero-order chi connectivity index (χ0) is 14.3. The second-order valence-corrected chi connectivity index (χ2v) is 5.81. The predicted molar refractivity (Wildman–Crippen MR) is 83.2 cm³/mol. The number of allylic oxidation sites excluding steroid dienone is 3. The molecular weight excluding hydrogens is 264 g/mol. The molecule has 114 valence electrons. The van der Waals surface area contributed by atoms with E-state index < -0.39 is 0 Å². The molecular formula is C17H24N2O2. The van der Waals surface area contributed by atoms with Crippen LogP contribution in [0.5, 0.6) is 0 Å². The van der Waals surface area contributed by atoms with Crippen molar-refractivity contribution in [1.82, 2.24) is 10.6 Å². The van der Waals surface area contributed by atoms with Gasteiger partial charge in [-0.2, -0.15) is 0 Å². The van der Waals surface area contributed by atoms with Crippen LogP contribution in [0.4, 0.5) is 0 Å². The Kier molecular flexibility index (Phi) is 5.13. The Morgan fingerprint density at radius 3 is 3.10 bits per heavy atom. The summed E-state index contributed by atoms with van der Waals surface area (Å²) in [6.07, 6.45) is 16.1. The molecule has 3 aliphatic rings. The van der Waals surface area contributed by atoms with Crippen molar-refractivity contribution in [2.45, 2.75) is 31.7 Å². The molecule has 0 aromatic heterocycles. The van der Waals surface area contributed by atoms with Gasteiger partial charge in [0.1, 0.15) is 18.8 Å². The third kappa shape index (κ3) is 3.99. The summed E-state index contributed by atoms with van der Waals surface area (Å²) in [6.45, 7) is 3.26. The lowest BCUT2D eigenvalue weighted by Crippen LogP contribution is -2.41. The van der Waals surface area contributed by atoms with E-state index in [9.17, 15) is 0 Å². The van der Waals surface area contributed by atoms with Crippen LogP contribution in [0.15, 0.2) is 48.3 Å². The minimum Gasteiger partial charge on any atom is -0.466 e. The van der Waals surface area contributed by atoms with Crippen LogP contribution in [-0.4, -0.2) is 25.7 Å². The molecule has 1 aliphatic carbocycles. The lowest BCUT2D eigenvalue weighted by Gasteiger charge is -2.29. The third-order valence-corrected chi connectivity index (χ3v) is 4.23.